The Bertz CT molecular complexity index is 861. The predicted molar refractivity (Wildman–Crippen MR) is 105 cm³/mol. The molecule has 1 heterocycles. The van der Waals surface area contributed by atoms with Gasteiger partial charge < -0.3 is 4.90 Å². The third kappa shape index (κ3) is 3.14. The summed E-state index contributed by atoms with van der Waals surface area (Å²) >= 11 is 0. The van der Waals surface area contributed by atoms with Crippen LogP contribution in [0, 0.1) is 13.8 Å². The Morgan fingerprint density at radius 3 is 2.21 bits per heavy atom. The van der Waals surface area contributed by atoms with Gasteiger partial charge in [0, 0.05) is 30.7 Å². The molecule has 0 atom stereocenters. The van der Waals surface area contributed by atoms with Crippen LogP contribution in [0.1, 0.15) is 30.0 Å². The minimum atomic E-state index is 1.07. The molecule has 0 fully saturated rings. The van der Waals surface area contributed by atoms with Crippen molar-refractivity contribution in [2.45, 2.75) is 33.6 Å². The number of pyridine rings is 1. The minimum Gasteiger partial charge on any atom is -0.378 e. The van der Waals surface area contributed by atoms with E-state index in [2.05, 4.69) is 82.2 Å². The molecule has 0 aliphatic rings. The van der Waals surface area contributed by atoms with Crippen molar-refractivity contribution >= 4 is 16.6 Å². The van der Waals surface area contributed by atoms with Gasteiger partial charge in [0.25, 0.3) is 0 Å². The standard InChI is InChI=1S/C22H26N2/c1-6-7-18-14-21(17-8-10-19(11-9-17)24(4)5)23-22-13-16(3)15(2)12-20(18)22/h8-14H,6-7H2,1-5H3. The van der Waals surface area contributed by atoms with E-state index in [-0.39, 0.29) is 0 Å². The average Bonchev–Trinajstić information content (AvgIpc) is 2.56. The molecule has 24 heavy (non-hydrogen) atoms. The highest BCUT2D eigenvalue weighted by Crippen LogP contribution is 2.28. The normalized spacial score (nSPS) is 11.0. The van der Waals surface area contributed by atoms with Crippen LogP contribution < -0.4 is 4.90 Å². The van der Waals surface area contributed by atoms with E-state index in [1.165, 1.54) is 33.3 Å². The van der Waals surface area contributed by atoms with Gasteiger partial charge in [-0.3, -0.25) is 0 Å². The van der Waals surface area contributed by atoms with E-state index in [0.29, 0.717) is 0 Å². The summed E-state index contributed by atoms with van der Waals surface area (Å²) in [6.07, 6.45) is 2.23. The van der Waals surface area contributed by atoms with Crippen molar-refractivity contribution in [3.8, 4) is 11.3 Å². The molecule has 124 valence electrons. The summed E-state index contributed by atoms with van der Waals surface area (Å²) in [5.41, 5.74) is 8.60. The molecule has 1 aromatic heterocycles. The van der Waals surface area contributed by atoms with E-state index in [1.807, 2.05) is 0 Å². The van der Waals surface area contributed by atoms with Crippen molar-refractivity contribution in [3.63, 3.8) is 0 Å². The second kappa shape index (κ2) is 6.64. The average molecular weight is 318 g/mol. The van der Waals surface area contributed by atoms with Gasteiger partial charge in [0.15, 0.2) is 0 Å². The van der Waals surface area contributed by atoms with Crippen molar-refractivity contribution < 1.29 is 0 Å². The summed E-state index contributed by atoms with van der Waals surface area (Å²) in [7, 11) is 4.13. The first-order chi connectivity index (χ1) is 11.5. The summed E-state index contributed by atoms with van der Waals surface area (Å²) in [4.78, 5) is 7.07. The minimum absolute atomic E-state index is 1.07. The van der Waals surface area contributed by atoms with Crippen LogP contribution in [0.25, 0.3) is 22.2 Å². The van der Waals surface area contributed by atoms with Gasteiger partial charge in [0.05, 0.1) is 11.2 Å². The third-order valence-electron chi connectivity index (χ3n) is 4.71. The number of hydrogen-bond donors (Lipinski definition) is 0. The van der Waals surface area contributed by atoms with Crippen LogP contribution in [0.15, 0.2) is 42.5 Å². The Morgan fingerprint density at radius 1 is 0.917 bits per heavy atom. The molecule has 0 bridgehead atoms. The highest BCUT2D eigenvalue weighted by Gasteiger charge is 2.09. The van der Waals surface area contributed by atoms with Gasteiger partial charge in [-0.2, -0.15) is 0 Å². The first-order valence-electron chi connectivity index (χ1n) is 8.68. The lowest BCUT2D eigenvalue weighted by atomic mass is 9.98. The number of aromatic nitrogens is 1. The molecule has 3 rings (SSSR count). The highest BCUT2D eigenvalue weighted by molar-refractivity contribution is 5.86. The highest BCUT2D eigenvalue weighted by atomic mass is 15.1. The molecule has 0 spiro atoms. The summed E-state index contributed by atoms with van der Waals surface area (Å²) in [5, 5.41) is 1.30. The molecule has 0 saturated heterocycles. The Balaban J connectivity index is 2.15. The van der Waals surface area contributed by atoms with Crippen LogP contribution >= 0.6 is 0 Å². The lowest BCUT2D eigenvalue weighted by Gasteiger charge is -2.14. The van der Waals surface area contributed by atoms with E-state index in [0.717, 1.165) is 24.1 Å². The molecule has 0 radical (unpaired) electrons. The number of fused-ring (bicyclic) bond motifs is 1. The van der Waals surface area contributed by atoms with E-state index in [1.54, 1.807) is 0 Å². The summed E-state index contributed by atoms with van der Waals surface area (Å²) < 4.78 is 0. The van der Waals surface area contributed by atoms with Gasteiger partial charge in [-0.05, 0) is 67.3 Å². The van der Waals surface area contributed by atoms with Gasteiger partial charge in [0.2, 0.25) is 0 Å². The van der Waals surface area contributed by atoms with E-state index in [9.17, 15) is 0 Å². The van der Waals surface area contributed by atoms with Crippen LogP contribution in [0.4, 0.5) is 5.69 Å². The largest absolute Gasteiger partial charge is 0.378 e. The number of rotatable bonds is 4. The summed E-state index contributed by atoms with van der Waals surface area (Å²) in [5.74, 6) is 0. The van der Waals surface area contributed by atoms with Gasteiger partial charge >= 0.3 is 0 Å². The first kappa shape index (κ1) is 16.5. The molecule has 3 aromatic rings. The second-order valence-electron chi connectivity index (χ2n) is 6.81. The lowest BCUT2D eigenvalue weighted by molar-refractivity contribution is 0.928. The van der Waals surface area contributed by atoms with Crippen molar-refractivity contribution in [2.75, 3.05) is 19.0 Å². The maximum Gasteiger partial charge on any atom is 0.0715 e. The van der Waals surface area contributed by atoms with Crippen molar-refractivity contribution in [3.05, 3.63) is 59.2 Å². The lowest BCUT2D eigenvalue weighted by Crippen LogP contribution is -2.07. The molecular weight excluding hydrogens is 292 g/mol. The van der Waals surface area contributed by atoms with Crippen LogP contribution in [0.5, 0.6) is 0 Å². The zero-order valence-corrected chi connectivity index (χ0v) is 15.4. The number of nitrogens with zero attached hydrogens (tertiary/aromatic N) is 2. The summed E-state index contributed by atoms with van der Waals surface area (Å²) in [6.45, 7) is 6.58. The molecular formula is C22H26N2. The Kier molecular flexibility index (Phi) is 4.57. The Labute approximate surface area is 145 Å². The number of benzene rings is 2. The number of hydrogen-bond acceptors (Lipinski definition) is 2. The number of anilines is 1. The van der Waals surface area contributed by atoms with Crippen molar-refractivity contribution in [1.29, 1.82) is 0 Å². The molecule has 0 amide bonds. The van der Waals surface area contributed by atoms with Crippen LogP contribution in [-0.4, -0.2) is 19.1 Å². The van der Waals surface area contributed by atoms with Gasteiger partial charge in [-0.15, -0.1) is 0 Å². The fraction of sp³-hybridized carbons (Fsp3) is 0.318. The van der Waals surface area contributed by atoms with Crippen molar-refractivity contribution in [2.24, 2.45) is 0 Å². The topological polar surface area (TPSA) is 16.1 Å². The quantitative estimate of drug-likeness (QED) is 0.628. The van der Waals surface area contributed by atoms with Gasteiger partial charge in [-0.25, -0.2) is 4.98 Å². The maximum atomic E-state index is 4.95. The molecule has 0 aliphatic heterocycles. The fourth-order valence-corrected chi connectivity index (χ4v) is 3.11. The van der Waals surface area contributed by atoms with E-state index in [4.69, 9.17) is 4.98 Å². The van der Waals surface area contributed by atoms with E-state index >= 15 is 0 Å². The van der Waals surface area contributed by atoms with Gasteiger partial charge in [0.1, 0.15) is 0 Å². The van der Waals surface area contributed by atoms with E-state index < -0.39 is 0 Å². The molecule has 2 aromatic carbocycles. The van der Waals surface area contributed by atoms with Crippen LogP contribution in [0.3, 0.4) is 0 Å². The van der Waals surface area contributed by atoms with Crippen LogP contribution in [-0.2, 0) is 6.42 Å². The zero-order chi connectivity index (χ0) is 17.3. The number of aryl methyl sites for hydroxylation is 3. The second-order valence-corrected chi connectivity index (χ2v) is 6.81. The van der Waals surface area contributed by atoms with Crippen molar-refractivity contribution in [1.82, 2.24) is 4.98 Å². The first-order valence-corrected chi connectivity index (χ1v) is 8.68. The predicted octanol–water partition coefficient (Wildman–Crippen LogP) is 5.54. The maximum absolute atomic E-state index is 4.95. The van der Waals surface area contributed by atoms with Gasteiger partial charge in [-0.1, -0.05) is 25.5 Å². The monoisotopic (exact) mass is 318 g/mol. The molecule has 0 N–H and O–H groups in total. The third-order valence-corrected chi connectivity index (χ3v) is 4.71. The molecule has 2 heteroatoms. The Hall–Kier alpha value is -2.35. The Morgan fingerprint density at radius 2 is 1.58 bits per heavy atom. The molecule has 0 unspecified atom stereocenters. The molecule has 0 aliphatic carbocycles. The molecule has 2 nitrogen and oxygen atoms in total. The zero-order valence-electron chi connectivity index (χ0n) is 15.4. The molecule has 0 saturated carbocycles. The fourth-order valence-electron chi connectivity index (χ4n) is 3.11. The SMILES string of the molecule is CCCc1cc(-c2ccc(N(C)C)cc2)nc2cc(C)c(C)cc12. The van der Waals surface area contributed by atoms with Crippen LogP contribution in [0.2, 0.25) is 0 Å². The summed E-state index contributed by atoms with van der Waals surface area (Å²) in [6, 6.07) is 15.4. The smallest absolute Gasteiger partial charge is 0.0715 e.